The van der Waals surface area contributed by atoms with Crippen molar-refractivity contribution >= 4 is 11.0 Å². The van der Waals surface area contributed by atoms with Gasteiger partial charge in [-0.3, -0.25) is 14.7 Å². The highest BCUT2D eigenvalue weighted by Gasteiger charge is 2.20. The predicted octanol–water partition coefficient (Wildman–Crippen LogP) is -0.258. The normalized spacial score (nSPS) is 11.8. The number of rotatable bonds is 8. The Labute approximate surface area is 161 Å². The summed E-state index contributed by atoms with van der Waals surface area (Å²) in [6.07, 6.45) is 0.844. The van der Waals surface area contributed by atoms with E-state index in [-0.39, 0.29) is 24.7 Å². The lowest BCUT2D eigenvalue weighted by Gasteiger charge is -2.23. The predicted molar refractivity (Wildman–Crippen MR) is 106 cm³/mol. The lowest BCUT2D eigenvalue weighted by Crippen LogP contribution is -2.34. The fourth-order valence-corrected chi connectivity index (χ4v) is 3.46. The van der Waals surface area contributed by atoms with Crippen molar-refractivity contribution in [3.63, 3.8) is 0 Å². The van der Waals surface area contributed by atoms with Crippen molar-refractivity contribution in [1.29, 1.82) is 0 Å². The van der Waals surface area contributed by atoms with Gasteiger partial charge in [-0.1, -0.05) is 6.92 Å². The van der Waals surface area contributed by atoms with Crippen LogP contribution in [0.1, 0.15) is 18.1 Å². The van der Waals surface area contributed by atoms with Gasteiger partial charge in [0, 0.05) is 26.2 Å². The zero-order chi connectivity index (χ0) is 20.3. The third kappa shape index (κ3) is 3.96. The first-order valence-electron chi connectivity index (χ1n) is 9.36. The Morgan fingerprint density at radius 3 is 2.46 bits per heavy atom. The Balaban J connectivity index is 2.19. The van der Waals surface area contributed by atoms with E-state index in [4.69, 9.17) is 0 Å². The average molecular weight is 387 g/mol. The maximum absolute atomic E-state index is 12.3. The summed E-state index contributed by atoms with van der Waals surface area (Å²) in [5.41, 5.74) is 2.53. The third-order valence-electron chi connectivity index (χ3n) is 4.92. The molecule has 0 aliphatic carbocycles. The number of aryl methyl sites for hydroxylation is 2. The van der Waals surface area contributed by atoms with Gasteiger partial charge in [-0.2, -0.15) is 4.98 Å². The first kappa shape index (κ1) is 20.1. The maximum atomic E-state index is 12.3. The van der Waals surface area contributed by atoms with Crippen LogP contribution in [0.4, 0.5) is 0 Å². The Morgan fingerprint density at radius 2 is 1.82 bits per heavy atom. The molecule has 0 saturated carbocycles. The van der Waals surface area contributed by atoms with Crippen LogP contribution in [0.15, 0.2) is 21.7 Å². The highest BCUT2D eigenvalue weighted by Crippen LogP contribution is 2.24. The lowest BCUT2D eigenvalue weighted by atomic mass is 10.0. The SMILES string of the molecule is CCc1cc2nc3c(=O)[nH]c(=O)nc-3n(CCN(CCO)CCO)c2cc1C. The number of H-pyrrole nitrogens is 1. The van der Waals surface area contributed by atoms with Gasteiger partial charge in [-0.15, -0.1) is 0 Å². The second-order valence-corrected chi connectivity index (χ2v) is 6.72. The van der Waals surface area contributed by atoms with Gasteiger partial charge in [0.15, 0.2) is 11.5 Å². The monoisotopic (exact) mass is 387 g/mol. The zero-order valence-corrected chi connectivity index (χ0v) is 16.1. The Kier molecular flexibility index (Phi) is 6.18. The van der Waals surface area contributed by atoms with Crippen LogP contribution in [0.2, 0.25) is 0 Å². The topological polar surface area (TPSA) is 124 Å². The van der Waals surface area contributed by atoms with Crippen LogP contribution in [0.25, 0.3) is 22.6 Å². The van der Waals surface area contributed by atoms with Crippen LogP contribution in [-0.2, 0) is 13.0 Å². The number of benzene rings is 1. The number of aliphatic hydroxyl groups excluding tert-OH is 2. The van der Waals surface area contributed by atoms with Crippen LogP contribution in [-0.4, -0.2) is 67.5 Å². The molecule has 3 rings (SSSR count). The van der Waals surface area contributed by atoms with Gasteiger partial charge in [0.2, 0.25) is 0 Å². The summed E-state index contributed by atoms with van der Waals surface area (Å²) in [7, 11) is 0. The number of hydrogen-bond acceptors (Lipinski definition) is 7. The van der Waals surface area contributed by atoms with E-state index in [2.05, 4.69) is 21.9 Å². The van der Waals surface area contributed by atoms with Gasteiger partial charge >= 0.3 is 5.69 Å². The van der Waals surface area contributed by atoms with Gasteiger partial charge in [0.1, 0.15) is 0 Å². The van der Waals surface area contributed by atoms with Gasteiger partial charge in [-0.05, 0) is 36.6 Å². The molecule has 0 atom stereocenters. The van der Waals surface area contributed by atoms with Gasteiger partial charge < -0.3 is 14.8 Å². The molecule has 2 heterocycles. The molecule has 0 aromatic heterocycles. The first-order chi connectivity index (χ1) is 13.5. The molecule has 0 amide bonds. The van der Waals surface area contributed by atoms with Crippen molar-refractivity contribution < 1.29 is 10.2 Å². The highest BCUT2D eigenvalue weighted by molar-refractivity contribution is 5.81. The van der Waals surface area contributed by atoms with Crippen LogP contribution in [0.3, 0.4) is 0 Å². The minimum absolute atomic E-state index is 0.0237. The molecule has 1 aromatic rings. The molecule has 0 fully saturated rings. The van der Waals surface area contributed by atoms with E-state index in [9.17, 15) is 19.8 Å². The molecule has 3 N–H and O–H groups in total. The van der Waals surface area contributed by atoms with Crippen molar-refractivity contribution in [3.05, 3.63) is 44.1 Å². The number of aromatic nitrogens is 4. The molecule has 9 heteroatoms. The summed E-state index contributed by atoms with van der Waals surface area (Å²) in [4.78, 5) is 36.7. The quantitative estimate of drug-likeness (QED) is 0.455. The molecular weight excluding hydrogens is 362 g/mol. The summed E-state index contributed by atoms with van der Waals surface area (Å²) in [6.45, 7) is 5.80. The van der Waals surface area contributed by atoms with Crippen LogP contribution in [0.5, 0.6) is 0 Å². The van der Waals surface area contributed by atoms with Crippen molar-refractivity contribution in [2.45, 2.75) is 26.8 Å². The summed E-state index contributed by atoms with van der Waals surface area (Å²) in [6, 6.07) is 3.96. The van der Waals surface area contributed by atoms with E-state index >= 15 is 0 Å². The van der Waals surface area contributed by atoms with Gasteiger partial charge in [0.25, 0.3) is 5.56 Å². The van der Waals surface area contributed by atoms with Gasteiger partial charge in [0.05, 0.1) is 24.2 Å². The maximum Gasteiger partial charge on any atom is 0.349 e. The standard InChI is InChI=1S/C19H25N5O4/c1-3-13-11-14-15(10-12(13)2)24(5-4-23(6-8-25)7-9-26)17-16(20-14)18(27)22-19(28)21-17/h10-11,25-26H,3-9H2,1-2H3,(H,22,27,28). The molecule has 28 heavy (non-hydrogen) atoms. The second kappa shape index (κ2) is 8.59. The minimum Gasteiger partial charge on any atom is -0.395 e. The Bertz CT molecular complexity index is 1050. The number of fused-ring (bicyclic) bond motifs is 2. The van der Waals surface area contributed by atoms with Crippen molar-refractivity contribution in [2.75, 3.05) is 32.8 Å². The molecular formula is C19H25N5O4. The molecule has 2 aliphatic rings. The van der Waals surface area contributed by atoms with E-state index in [1.54, 1.807) is 0 Å². The molecule has 0 unspecified atom stereocenters. The van der Waals surface area contributed by atoms with E-state index in [0.29, 0.717) is 31.7 Å². The molecule has 150 valence electrons. The molecule has 1 aromatic carbocycles. The van der Waals surface area contributed by atoms with Crippen molar-refractivity contribution in [1.82, 2.24) is 24.4 Å². The summed E-state index contributed by atoms with van der Waals surface area (Å²) in [5, 5.41) is 18.5. The lowest BCUT2D eigenvalue weighted by molar-refractivity contribution is 0.158. The molecule has 2 aliphatic heterocycles. The van der Waals surface area contributed by atoms with E-state index in [0.717, 1.165) is 23.1 Å². The average Bonchev–Trinajstić information content (AvgIpc) is 2.65. The van der Waals surface area contributed by atoms with Crippen LogP contribution >= 0.6 is 0 Å². The number of nitrogens with one attached hydrogen (secondary N) is 1. The number of aliphatic hydroxyl groups is 2. The van der Waals surface area contributed by atoms with Crippen LogP contribution in [0, 0.1) is 6.92 Å². The van der Waals surface area contributed by atoms with E-state index in [1.807, 2.05) is 28.5 Å². The Hall–Kier alpha value is -2.62. The van der Waals surface area contributed by atoms with Gasteiger partial charge in [-0.25, -0.2) is 9.78 Å². The fourth-order valence-electron chi connectivity index (χ4n) is 3.46. The van der Waals surface area contributed by atoms with Crippen LogP contribution < -0.4 is 11.2 Å². The Morgan fingerprint density at radius 1 is 1.11 bits per heavy atom. The van der Waals surface area contributed by atoms with E-state index < -0.39 is 11.2 Å². The molecule has 0 saturated heterocycles. The highest BCUT2D eigenvalue weighted by atomic mass is 16.3. The minimum atomic E-state index is -0.711. The zero-order valence-electron chi connectivity index (χ0n) is 16.1. The molecule has 9 nitrogen and oxygen atoms in total. The number of aromatic amines is 1. The smallest absolute Gasteiger partial charge is 0.349 e. The first-order valence-corrected chi connectivity index (χ1v) is 9.36. The number of nitrogens with zero attached hydrogens (tertiary/aromatic N) is 4. The second-order valence-electron chi connectivity index (χ2n) is 6.72. The summed E-state index contributed by atoms with van der Waals surface area (Å²) >= 11 is 0. The molecule has 0 spiro atoms. The van der Waals surface area contributed by atoms with Crippen molar-refractivity contribution in [3.8, 4) is 11.5 Å². The summed E-state index contributed by atoms with van der Waals surface area (Å²) in [5.74, 6) is 0.234. The van der Waals surface area contributed by atoms with Crippen molar-refractivity contribution in [2.24, 2.45) is 0 Å². The molecule has 0 radical (unpaired) electrons. The third-order valence-corrected chi connectivity index (χ3v) is 4.92. The van der Waals surface area contributed by atoms with E-state index in [1.165, 1.54) is 0 Å². The number of hydrogen-bond donors (Lipinski definition) is 3. The largest absolute Gasteiger partial charge is 0.395 e. The fraction of sp³-hybridized carbons (Fsp3) is 0.474. The molecule has 0 bridgehead atoms. The summed E-state index contributed by atoms with van der Waals surface area (Å²) < 4.78 is 1.82.